The third kappa shape index (κ3) is 3.07. The number of pyridine rings is 1. The quantitative estimate of drug-likeness (QED) is 0.453. The maximum absolute atomic E-state index is 14.0. The summed E-state index contributed by atoms with van der Waals surface area (Å²) in [5, 5.41) is 3.92. The van der Waals surface area contributed by atoms with E-state index in [1.165, 1.54) is 18.5 Å². The molecule has 9 heteroatoms. The Bertz CT molecular complexity index is 1340. The van der Waals surface area contributed by atoms with Crippen LogP contribution in [0.25, 0.3) is 28.1 Å². The summed E-state index contributed by atoms with van der Waals surface area (Å²) in [6.45, 7) is 1.97. The van der Waals surface area contributed by atoms with Gasteiger partial charge in [0.2, 0.25) is 0 Å². The SMILES string of the molecule is CC(Nc1ncnc2[nH]cnc12)c1nc2ccc(Cl)cn2c1-c1cccc(F)c1. The number of hydrogen-bond acceptors (Lipinski definition) is 5. The van der Waals surface area contributed by atoms with Gasteiger partial charge in [-0.05, 0) is 31.2 Å². The van der Waals surface area contributed by atoms with Crippen molar-refractivity contribution in [3.05, 3.63) is 71.8 Å². The Kier molecular flexibility index (Phi) is 4.13. The maximum atomic E-state index is 14.0. The van der Waals surface area contributed by atoms with Crippen LogP contribution < -0.4 is 5.32 Å². The first-order chi connectivity index (χ1) is 14.1. The highest BCUT2D eigenvalue weighted by Crippen LogP contribution is 2.32. The van der Waals surface area contributed by atoms with Crippen molar-refractivity contribution in [2.24, 2.45) is 0 Å². The van der Waals surface area contributed by atoms with Crippen molar-refractivity contribution in [1.82, 2.24) is 29.3 Å². The summed E-state index contributed by atoms with van der Waals surface area (Å²) in [7, 11) is 0. The molecule has 5 rings (SSSR count). The number of benzene rings is 1. The molecule has 0 saturated carbocycles. The van der Waals surface area contributed by atoms with Crippen molar-refractivity contribution in [3.8, 4) is 11.3 Å². The zero-order chi connectivity index (χ0) is 20.0. The largest absolute Gasteiger partial charge is 0.360 e. The third-order valence-corrected chi connectivity index (χ3v) is 4.91. The molecule has 0 aliphatic rings. The number of hydrogen-bond donors (Lipinski definition) is 2. The number of nitrogens with one attached hydrogen (secondary N) is 2. The van der Waals surface area contributed by atoms with Crippen LogP contribution in [0.3, 0.4) is 0 Å². The molecule has 0 saturated heterocycles. The van der Waals surface area contributed by atoms with Crippen LogP contribution in [0, 0.1) is 5.82 Å². The Morgan fingerprint density at radius 3 is 2.93 bits per heavy atom. The van der Waals surface area contributed by atoms with Crippen molar-refractivity contribution in [2.45, 2.75) is 13.0 Å². The van der Waals surface area contributed by atoms with Crippen molar-refractivity contribution in [3.63, 3.8) is 0 Å². The van der Waals surface area contributed by atoms with Gasteiger partial charge in [-0.15, -0.1) is 0 Å². The summed E-state index contributed by atoms with van der Waals surface area (Å²) in [4.78, 5) is 20.5. The molecular formula is C20H15ClFN7. The molecule has 144 valence electrons. The first-order valence-electron chi connectivity index (χ1n) is 8.94. The van der Waals surface area contributed by atoms with Gasteiger partial charge in [0.1, 0.15) is 23.3 Å². The molecule has 4 aromatic heterocycles. The highest BCUT2D eigenvalue weighted by molar-refractivity contribution is 6.30. The second-order valence-corrected chi connectivity index (χ2v) is 7.06. The second-order valence-electron chi connectivity index (χ2n) is 6.62. The van der Waals surface area contributed by atoms with Gasteiger partial charge >= 0.3 is 0 Å². The molecule has 0 aliphatic carbocycles. The first kappa shape index (κ1) is 17.6. The van der Waals surface area contributed by atoms with E-state index >= 15 is 0 Å². The molecule has 1 unspecified atom stereocenters. The Balaban J connectivity index is 1.66. The molecule has 0 radical (unpaired) electrons. The Morgan fingerprint density at radius 1 is 1.17 bits per heavy atom. The molecule has 0 spiro atoms. The minimum Gasteiger partial charge on any atom is -0.360 e. The Labute approximate surface area is 169 Å². The number of halogens is 2. The number of aromatic nitrogens is 6. The minimum absolute atomic E-state index is 0.248. The monoisotopic (exact) mass is 407 g/mol. The van der Waals surface area contributed by atoms with Crippen LogP contribution in [0.4, 0.5) is 10.2 Å². The van der Waals surface area contributed by atoms with Crippen LogP contribution in [-0.2, 0) is 0 Å². The fourth-order valence-electron chi connectivity index (χ4n) is 3.41. The highest BCUT2D eigenvalue weighted by atomic mass is 35.5. The smallest absolute Gasteiger partial charge is 0.162 e. The highest BCUT2D eigenvalue weighted by Gasteiger charge is 2.21. The predicted molar refractivity (Wildman–Crippen MR) is 109 cm³/mol. The standard InChI is InChI=1S/C20H15ClFN7/c1-11(27-20-17-19(24-9-23-17)25-10-26-20)16-18(12-3-2-4-14(22)7-12)29-8-13(21)5-6-15(29)28-16/h2-11H,1H3,(H2,23,24,25,26,27). The van der Waals surface area contributed by atoms with Gasteiger partial charge in [0.25, 0.3) is 0 Å². The van der Waals surface area contributed by atoms with E-state index in [0.717, 1.165) is 11.4 Å². The van der Waals surface area contributed by atoms with E-state index in [1.807, 2.05) is 23.5 Å². The van der Waals surface area contributed by atoms with E-state index < -0.39 is 0 Å². The van der Waals surface area contributed by atoms with Crippen LogP contribution in [0.2, 0.25) is 5.02 Å². The normalized spacial score (nSPS) is 12.5. The summed E-state index contributed by atoms with van der Waals surface area (Å²) < 4.78 is 15.8. The van der Waals surface area contributed by atoms with Crippen LogP contribution in [-0.4, -0.2) is 29.3 Å². The molecule has 2 N–H and O–H groups in total. The zero-order valence-electron chi connectivity index (χ0n) is 15.3. The van der Waals surface area contributed by atoms with Gasteiger partial charge in [-0.25, -0.2) is 24.3 Å². The summed E-state index contributed by atoms with van der Waals surface area (Å²) in [5.41, 5.74) is 4.19. The second kappa shape index (κ2) is 6.82. The van der Waals surface area contributed by atoms with E-state index in [-0.39, 0.29) is 11.9 Å². The molecule has 0 fully saturated rings. The van der Waals surface area contributed by atoms with Gasteiger partial charge in [-0.3, -0.25) is 4.40 Å². The van der Waals surface area contributed by atoms with E-state index in [4.69, 9.17) is 16.6 Å². The van der Waals surface area contributed by atoms with E-state index in [2.05, 4.69) is 25.3 Å². The lowest BCUT2D eigenvalue weighted by atomic mass is 10.1. The molecule has 0 aliphatic heterocycles. The minimum atomic E-state index is -0.319. The topological polar surface area (TPSA) is 83.8 Å². The van der Waals surface area contributed by atoms with Crippen molar-refractivity contribution >= 4 is 34.2 Å². The Morgan fingerprint density at radius 2 is 2.07 bits per heavy atom. The molecule has 1 aromatic carbocycles. The van der Waals surface area contributed by atoms with E-state index in [0.29, 0.717) is 33.2 Å². The van der Waals surface area contributed by atoms with Crippen molar-refractivity contribution in [2.75, 3.05) is 5.32 Å². The molecule has 0 amide bonds. The summed E-state index contributed by atoms with van der Waals surface area (Å²) >= 11 is 6.21. The number of rotatable bonds is 4. The summed E-state index contributed by atoms with van der Waals surface area (Å²) in [6, 6.07) is 9.78. The number of imidazole rings is 2. The van der Waals surface area contributed by atoms with Crippen LogP contribution >= 0.6 is 11.6 Å². The van der Waals surface area contributed by atoms with Crippen LogP contribution in [0.15, 0.2) is 55.2 Å². The number of H-pyrrole nitrogens is 1. The average molecular weight is 408 g/mol. The molecule has 1 atom stereocenters. The molecular weight excluding hydrogens is 393 g/mol. The lowest BCUT2D eigenvalue weighted by Gasteiger charge is -2.15. The fourth-order valence-corrected chi connectivity index (χ4v) is 3.57. The molecule has 29 heavy (non-hydrogen) atoms. The van der Waals surface area contributed by atoms with Gasteiger partial charge in [0, 0.05) is 11.8 Å². The van der Waals surface area contributed by atoms with E-state index in [9.17, 15) is 4.39 Å². The Hall–Kier alpha value is -3.52. The van der Waals surface area contributed by atoms with Crippen molar-refractivity contribution in [1.29, 1.82) is 0 Å². The van der Waals surface area contributed by atoms with Gasteiger partial charge < -0.3 is 10.3 Å². The predicted octanol–water partition coefficient (Wildman–Crippen LogP) is 4.63. The van der Waals surface area contributed by atoms with E-state index in [1.54, 1.807) is 24.7 Å². The average Bonchev–Trinajstić information content (AvgIpc) is 3.33. The number of anilines is 1. The molecule has 4 heterocycles. The van der Waals surface area contributed by atoms with Gasteiger partial charge in [-0.1, -0.05) is 23.7 Å². The van der Waals surface area contributed by atoms with Gasteiger partial charge in [0.15, 0.2) is 11.5 Å². The van der Waals surface area contributed by atoms with Gasteiger partial charge in [-0.2, -0.15) is 0 Å². The first-order valence-corrected chi connectivity index (χ1v) is 9.32. The maximum Gasteiger partial charge on any atom is 0.162 e. The van der Waals surface area contributed by atoms with Crippen molar-refractivity contribution < 1.29 is 4.39 Å². The summed E-state index contributed by atoms with van der Waals surface area (Å²) in [5.74, 6) is 0.268. The number of aromatic amines is 1. The zero-order valence-corrected chi connectivity index (χ0v) is 16.0. The number of nitrogens with zero attached hydrogens (tertiary/aromatic N) is 5. The molecule has 7 nitrogen and oxygen atoms in total. The van der Waals surface area contributed by atoms with Gasteiger partial charge in [0.05, 0.1) is 28.8 Å². The molecule has 0 bridgehead atoms. The lowest BCUT2D eigenvalue weighted by Crippen LogP contribution is -2.10. The van der Waals surface area contributed by atoms with Crippen LogP contribution in [0.1, 0.15) is 18.7 Å². The number of fused-ring (bicyclic) bond motifs is 2. The van der Waals surface area contributed by atoms with Crippen LogP contribution in [0.5, 0.6) is 0 Å². The third-order valence-electron chi connectivity index (χ3n) is 4.69. The fraction of sp³-hybridized carbons (Fsp3) is 0.100. The molecule has 5 aromatic rings. The summed E-state index contributed by atoms with van der Waals surface area (Å²) in [6.07, 6.45) is 4.81. The lowest BCUT2D eigenvalue weighted by molar-refractivity contribution is 0.628.